The number of nitro groups is 1. The third-order valence-corrected chi connectivity index (χ3v) is 3.75. The molecule has 0 radical (unpaired) electrons. The molecule has 1 aromatic heterocycles. The average Bonchev–Trinajstić information content (AvgIpc) is 2.64. The predicted octanol–water partition coefficient (Wildman–Crippen LogP) is 2.99. The van der Waals surface area contributed by atoms with E-state index >= 15 is 0 Å². The van der Waals surface area contributed by atoms with E-state index in [0.29, 0.717) is 11.1 Å². The van der Waals surface area contributed by atoms with Gasteiger partial charge in [0.2, 0.25) is 0 Å². The highest BCUT2D eigenvalue weighted by Gasteiger charge is 2.17. The zero-order valence-electron chi connectivity index (χ0n) is 10.6. The van der Waals surface area contributed by atoms with Gasteiger partial charge < -0.3 is 5.73 Å². The Labute approximate surface area is 110 Å². The monoisotopic (exact) mass is 257 g/mol. The van der Waals surface area contributed by atoms with Crippen LogP contribution in [0, 0.1) is 10.1 Å². The van der Waals surface area contributed by atoms with Gasteiger partial charge in [0, 0.05) is 28.9 Å². The van der Waals surface area contributed by atoms with E-state index in [4.69, 9.17) is 5.73 Å². The zero-order chi connectivity index (χ0) is 13.4. The fourth-order valence-electron chi connectivity index (χ4n) is 2.74. The molecule has 5 nitrogen and oxygen atoms in total. The Morgan fingerprint density at radius 2 is 2.00 bits per heavy atom. The van der Waals surface area contributed by atoms with Crippen molar-refractivity contribution in [3.63, 3.8) is 0 Å². The SMILES string of the molecule is Nc1c2c(nc3ccc([N+](=O)[O-])cc13)CCCCC2. The van der Waals surface area contributed by atoms with E-state index in [0.717, 1.165) is 42.5 Å². The van der Waals surface area contributed by atoms with Crippen molar-refractivity contribution in [2.24, 2.45) is 0 Å². The van der Waals surface area contributed by atoms with Crippen LogP contribution in [0.3, 0.4) is 0 Å². The first-order valence-corrected chi connectivity index (χ1v) is 6.52. The molecule has 1 aliphatic carbocycles. The number of aryl methyl sites for hydroxylation is 1. The number of nitro benzene ring substituents is 1. The van der Waals surface area contributed by atoms with Crippen molar-refractivity contribution in [2.45, 2.75) is 32.1 Å². The molecule has 1 aliphatic rings. The number of hydrogen-bond acceptors (Lipinski definition) is 4. The molecule has 0 atom stereocenters. The molecule has 1 heterocycles. The fraction of sp³-hybridized carbons (Fsp3) is 0.357. The van der Waals surface area contributed by atoms with Crippen molar-refractivity contribution >= 4 is 22.3 Å². The predicted molar refractivity (Wildman–Crippen MR) is 74.1 cm³/mol. The van der Waals surface area contributed by atoms with Crippen molar-refractivity contribution < 1.29 is 4.92 Å². The van der Waals surface area contributed by atoms with Crippen molar-refractivity contribution in [3.05, 3.63) is 39.6 Å². The number of non-ortho nitro benzene ring substituents is 1. The van der Waals surface area contributed by atoms with Gasteiger partial charge in [0.05, 0.1) is 10.4 Å². The van der Waals surface area contributed by atoms with Crippen LogP contribution in [-0.2, 0) is 12.8 Å². The van der Waals surface area contributed by atoms with Gasteiger partial charge in [-0.3, -0.25) is 15.1 Å². The van der Waals surface area contributed by atoms with Crippen LogP contribution in [0.15, 0.2) is 18.2 Å². The second-order valence-electron chi connectivity index (χ2n) is 4.97. The average molecular weight is 257 g/mol. The van der Waals surface area contributed by atoms with E-state index in [2.05, 4.69) is 4.98 Å². The highest BCUT2D eigenvalue weighted by atomic mass is 16.6. The van der Waals surface area contributed by atoms with Crippen LogP contribution in [0.5, 0.6) is 0 Å². The summed E-state index contributed by atoms with van der Waals surface area (Å²) in [5.74, 6) is 0. The Kier molecular flexibility index (Phi) is 2.81. The van der Waals surface area contributed by atoms with Gasteiger partial charge in [-0.1, -0.05) is 6.42 Å². The van der Waals surface area contributed by atoms with Crippen molar-refractivity contribution in [1.29, 1.82) is 0 Å². The summed E-state index contributed by atoms with van der Waals surface area (Å²) in [5.41, 5.74) is 9.86. The number of hydrogen-bond donors (Lipinski definition) is 1. The second-order valence-corrected chi connectivity index (χ2v) is 4.97. The maximum absolute atomic E-state index is 10.8. The zero-order valence-corrected chi connectivity index (χ0v) is 10.6. The Balaban J connectivity index is 2.25. The van der Waals surface area contributed by atoms with Crippen LogP contribution in [0.25, 0.3) is 10.9 Å². The first-order valence-electron chi connectivity index (χ1n) is 6.52. The van der Waals surface area contributed by atoms with Gasteiger partial charge in [0.25, 0.3) is 5.69 Å². The minimum Gasteiger partial charge on any atom is -0.398 e. The number of fused-ring (bicyclic) bond motifs is 2. The maximum Gasteiger partial charge on any atom is 0.270 e. The summed E-state index contributed by atoms with van der Waals surface area (Å²) in [4.78, 5) is 15.1. The van der Waals surface area contributed by atoms with Gasteiger partial charge in [-0.2, -0.15) is 0 Å². The molecule has 0 aliphatic heterocycles. The lowest BCUT2D eigenvalue weighted by Crippen LogP contribution is -2.03. The molecule has 2 N–H and O–H groups in total. The molecular formula is C14H15N3O2. The Morgan fingerprint density at radius 1 is 1.21 bits per heavy atom. The smallest absolute Gasteiger partial charge is 0.270 e. The Bertz CT molecular complexity index is 667. The molecule has 0 unspecified atom stereocenters. The summed E-state index contributed by atoms with van der Waals surface area (Å²) in [7, 11) is 0. The summed E-state index contributed by atoms with van der Waals surface area (Å²) >= 11 is 0. The highest BCUT2D eigenvalue weighted by molar-refractivity contribution is 5.93. The number of anilines is 1. The lowest BCUT2D eigenvalue weighted by Gasteiger charge is -2.11. The van der Waals surface area contributed by atoms with Gasteiger partial charge in [0.1, 0.15) is 0 Å². The summed E-state index contributed by atoms with van der Waals surface area (Å²) < 4.78 is 0. The lowest BCUT2D eigenvalue weighted by molar-refractivity contribution is -0.384. The molecule has 2 aromatic rings. The molecule has 1 aromatic carbocycles. The van der Waals surface area contributed by atoms with Crippen molar-refractivity contribution in [3.8, 4) is 0 Å². The topological polar surface area (TPSA) is 82.0 Å². The number of aromatic nitrogens is 1. The summed E-state index contributed by atoms with van der Waals surface area (Å²) in [6.07, 6.45) is 5.31. The van der Waals surface area contributed by atoms with Crippen LogP contribution in [-0.4, -0.2) is 9.91 Å². The molecule has 3 rings (SSSR count). The molecule has 19 heavy (non-hydrogen) atoms. The number of nitrogens with two attached hydrogens (primary N) is 1. The Morgan fingerprint density at radius 3 is 2.79 bits per heavy atom. The third-order valence-electron chi connectivity index (χ3n) is 3.75. The molecule has 5 heteroatoms. The van der Waals surface area contributed by atoms with E-state index in [9.17, 15) is 10.1 Å². The van der Waals surface area contributed by atoms with E-state index in [1.54, 1.807) is 6.07 Å². The summed E-state index contributed by atoms with van der Waals surface area (Å²) in [5, 5.41) is 11.5. The minimum absolute atomic E-state index is 0.0644. The van der Waals surface area contributed by atoms with Crippen LogP contribution in [0.1, 0.15) is 30.5 Å². The van der Waals surface area contributed by atoms with Crippen LogP contribution in [0.4, 0.5) is 11.4 Å². The molecule has 0 spiro atoms. The fourth-order valence-corrected chi connectivity index (χ4v) is 2.74. The van der Waals surface area contributed by atoms with Gasteiger partial charge in [0.15, 0.2) is 0 Å². The second kappa shape index (κ2) is 4.50. The van der Waals surface area contributed by atoms with E-state index in [1.807, 2.05) is 0 Å². The van der Waals surface area contributed by atoms with Crippen LogP contribution < -0.4 is 5.73 Å². The van der Waals surface area contributed by atoms with Crippen molar-refractivity contribution in [2.75, 3.05) is 5.73 Å². The molecule has 0 bridgehead atoms. The number of nitrogen functional groups attached to an aromatic ring is 1. The summed E-state index contributed by atoms with van der Waals surface area (Å²) in [6.45, 7) is 0. The Hall–Kier alpha value is -2.17. The third kappa shape index (κ3) is 2.01. The molecule has 0 amide bonds. The first kappa shape index (κ1) is 11.9. The van der Waals surface area contributed by atoms with Crippen LogP contribution >= 0.6 is 0 Å². The van der Waals surface area contributed by atoms with Gasteiger partial charge in [-0.25, -0.2) is 0 Å². The van der Waals surface area contributed by atoms with Gasteiger partial charge in [-0.15, -0.1) is 0 Å². The normalized spacial score (nSPS) is 14.9. The van der Waals surface area contributed by atoms with Crippen molar-refractivity contribution in [1.82, 2.24) is 4.98 Å². The number of nitrogens with zero attached hydrogens (tertiary/aromatic N) is 2. The van der Waals surface area contributed by atoms with E-state index in [1.165, 1.54) is 18.6 Å². The standard InChI is InChI=1S/C14H15N3O2/c15-14-10-4-2-1-3-5-12(10)16-13-7-6-9(17(18)19)8-11(13)14/h6-8H,1-5H2,(H2,15,16). The highest BCUT2D eigenvalue weighted by Crippen LogP contribution is 2.32. The van der Waals surface area contributed by atoms with Gasteiger partial charge >= 0.3 is 0 Å². The molecule has 0 saturated heterocycles. The maximum atomic E-state index is 10.8. The van der Waals surface area contributed by atoms with E-state index in [-0.39, 0.29) is 5.69 Å². The number of rotatable bonds is 1. The molecule has 0 saturated carbocycles. The quantitative estimate of drug-likeness (QED) is 0.483. The van der Waals surface area contributed by atoms with Gasteiger partial charge in [-0.05, 0) is 37.3 Å². The first-order chi connectivity index (χ1) is 9.16. The van der Waals surface area contributed by atoms with E-state index < -0.39 is 4.92 Å². The largest absolute Gasteiger partial charge is 0.398 e. The molecular weight excluding hydrogens is 242 g/mol. The molecule has 98 valence electrons. The van der Waals surface area contributed by atoms with Crippen LogP contribution in [0.2, 0.25) is 0 Å². The summed E-state index contributed by atoms with van der Waals surface area (Å²) in [6, 6.07) is 4.70. The lowest BCUT2D eigenvalue weighted by atomic mass is 10.0. The minimum atomic E-state index is -0.398. The number of benzene rings is 1. The number of pyridine rings is 1. The molecule has 0 fully saturated rings.